The molecule has 0 N–H and O–H groups in total. The zero-order chi connectivity index (χ0) is 15.6. The van der Waals surface area contributed by atoms with Gasteiger partial charge in [-0.2, -0.15) is 0 Å². The molecule has 1 amide bonds. The molecular formula is C14H18IN3O3. The predicted molar refractivity (Wildman–Crippen MR) is 88.4 cm³/mol. The number of piperidine rings is 1. The number of hydrogen-bond donors (Lipinski definition) is 0. The van der Waals surface area contributed by atoms with Crippen LogP contribution in [0.2, 0.25) is 0 Å². The third-order valence-corrected chi connectivity index (χ3v) is 4.89. The number of nitrogens with zero attached hydrogens (tertiary/aromatic N) is 3. The molecule has 1 heterocycles. The number of non-ortho nitro benzene ring substituents is 1. The van der Waals surface area contributed by atoms with E-state index in [0.29, 0.717) is 5.56 Å². The Morgan fingerprint density at radius 2 is 2.05 bits per heavy atom. The number of amides is 1. The second kappa shape index (κ2) is 6.69. The van der Waals surface area contributed by atoms with Crippen molar-refractivity contribution in [1.82, 2.24) is 9.80 Å². The average molecular weight is 403 g/mol. The monoisotopic (exact) mass is 403 g/mol. The lowest BCUT2D eigenvalue weighted by atomic mass is 10.0. The van der Waals surface area contributed by atoms with Gasteiger partial charge in [-0.05, 0) is 61.6 Å². The molecule has 1 aliphatic rings. The van der Waals surface area contributed by atoms with Gasteiger partial charge in [-0.15, -0.1) is 0 Å². The van der Waals surface area contributed by atoms with E-state index in [4.69, 9.17) is 0 Å². The quantitative estimate of drug-likeness (QED) is 0.442. The summed E-state index contributed by atoms with van der Waals surface area (Å²) in [5.74, 6) is -0.141. The molecule has 1 saturated heterocycles. The lowest BCUT2D eigenvalue weighted by molar-refractivity contribution is -0.384. The van der Waals surface area contributed by atoms with Crippen molar-refractivity contribution in [3.8, 4) is 0 Å². The number of carbonyl (C=O) groups excluding carboxylic acids is 1. The maximum Gasteiger partial charge on any atom is 0.270 e. The molecule has 0 unspecified atom stereocenters. The summed E-state index contributed by atoms with van der Waals surface area (Å²) in [5, 5.41) is 10.9. The van der Waals surface area contributed by atoms with Gasteiger partial charge in [0, 0.05) is 28.8 Å². The molecule has 0 spiro atoms. The van der Waals surface area contributed by atoms with E-state index in [2.05, 4.69) is 11.9 Å². The molecule has 21 heavy (non-hydrogen) atoms. The van der Waals surface area contributed by atoms with Gasteiger partial charge < -0.3 is 9.80 Å². The Morgan fingerprint density at radius 3 is 2.62 bits per heavy atom. The molecule has 6 nitrogen and oxygen atoms in total. The summed E-state index contributed by atoms with van der Waals surface area (Å²) in [7, 11) is 3.86. The molecule has 1 aromatic carbocycles. The third kappa shape index (κ3) is 3.70. The van der Waals surface area contributed by atoms with Gasteiger partial charge in [-0.25, -0.2) is 0 Å². The Balaban J connectivity index is 2.19. The summed E-state index contributed by atoms with van der Waals surface area (Å²) in [6.45, 7) is 1.93. The molecule has 1 fully saturated rings. The Morgan fingerprint density at radius 1 is 1.43 bits per heavy atom. The number of halogens is 1. The van der Waals surface area contributed by atoms with E-state index in [1.807, 2.05) is 22.6 Å². The number of carbonyl (C=O) groups is 1. The van der Waals surface area contributed by atoms with Crippen molar-refractivity contribution in [3.05, 3.63) is 37.4 Å². The molecule has 0 atom stereocenters. The maximum absolute atomic E-state index is 12.6. The highest BCUT2D eigenvalue weighted by molar-refractivity contribution is 14.1. The van der Waals surface area contributed by atoms with Gasteiger partial charge >= 0.3 is 0 Å². The first-order chi connectivity index (χ1) is 9.90. The first-order valence-electron chi connectivity index (χ1n) is 6.80. The van der Waals surface area contributed by atoms with Gasteiger partial charge in [-0.3, -0.25) is 14.9 Å². The van der Waals surface area contributed by atoms with Crippen LogP contribution in [0.3, 0.4) is 0 Å². The summed E-state index contributed by atoms with van der Waals surface area (Å²) < 4.78 is 0.739. The normalized spacial score (nSPS) is 16.7. The maximum atomic E-state index is 12.6. The highest BCUT2D eigenvalue weighted by Crippen LogP contribution is 2.23. The van der Waals surface area contributed by atoms with Crippen LogP contribution in [0.25, 0.3) is 0 Å². The highest BCUT2D eigenvalue weighted by atomic mass is 127. The fourth-order valence-electron chi connectivity index (χ4n) is 2.53. The summed E-state index contributed by atoms with van der Waals surface area (Å²) in [5.41, 5.74) is 0.363. The minimum absolute atomic E-state index is 0.0458. The summed E-state index contributed by atoms with van der Waals surface area (Å²) in [4.78, 5) is 27.0. The summed E-state index contributed by atoms with van der Waals surface area (Å²) >= 11 is 2.04. The lowest BCUT2D eigenvalue weighted by Crippen LogP contribution is -2.44. The van der Waals surface area contributed by atoms with Crippen LogP contribution in [0.1, 0.15) is 23.2 Å². The molecule has 1 aliphatic heterocycles. The molecular weight excluding hydrogens is 385 g/mol. The van der Waals surface area contributed by atoms with E-state index in [-0.39, 0.29) is 17.6 Å². The van der Waals surface area contributed by atoms with Crippen LogP contribution < -0.4 is 0 Å². The number of nitro groups is 1. The van der Waals surface area contributed by atoms with E-state index in [1.165, 1.54) is 12.1 Å². The van der Waals surface area contributed by atoms with Gasteiger partial charge in [0.2, 0.25) is 0 Å². The van der Waals surface area contributed by atoms with E-state index < -0.39 is 4.92 Å². The van der Waals surface area contributed by atoms with Crippen LogP contribution in [-0.4, -0.2) is 53.9 Å². The van der Waals surface area contributed by atoms with Crippen LogP contribution in [0.5, 0.6) is 0 Å². The smallest absolute Gasteiger partial charge is 0.270 e. The molecule has 7 heteroatoms. The second-order valence-corrected chi connectivity index (χ2v) is 6.53. The zero-order valence-electron chi connectivity index (χ0n) is 12.1. The van der Waals surface area contributed by atoms with Crippen LogP contribution in [0, 0.1) is 13.7 Å². The van der Waals surface area contributed by atoms with Crippen molar-refractivity contribution in [2.45, 2.75) is 18.9 Å². The SMILES string of the molecule is CN1CCC(N(C)C(=O)c2cc([N+](=O)[O-])ccc2I)CC1. The van der Waals surface area contributed by atoms with Crippen molar-refractivity contribution in [2.24, 2.45) is 0 Å². The van der Waals surface area contributed by atoms with Crippen molar-refractivity contribution < 1.29 is 9.72 Å². The number of hydrogen-bond acceptors (Lipinski definition) is 4. The van der Waals surface area contributed by atoms with Gasteiger partial charge in [0.25, 0.3) is 11.6 Å². The number of nitro benzene ring substituents is 1. The molecule has 0 bridgehead atoms. The standard InChI is InChI=1S/C14H18IN3O3/c1-16-7-5-10(6-8-16)17(2)14(19)12-9-11(18(20)21)3-4-13(12)15/h3-4,9-10H,5-8H2,1-2H3. The van der Waals surface area contributed by atoms with Gasteiger partial charge in [0.1, 0.15) is 0 Å². The van der Waals surface area contributed by atoms with E-state index in [0.717, 1.165) is 29.5 Å². The Hall–Kier alpha value is -1.22. The fraction of sp³-hybridized carbons (Fsp3) is 0.500. The first-order valence-corrected chi connectivity index (χ1v) is 7.87. The number of likely N-dealkylation sites (tertiary alicyclic amines) is 1. The van der Waals surface area contributed by atoms with Crippen molar-refractivity contribution in [2.75, 3.05) is 27.2 Å². The largest absolute Gasteiger partial charge is 0.339 e. The Kier molecular flexibility index (Phi) is 5.15. The Bertz CT molecular complexity index is 556. The van der Waals surface area contributed by atoms with Gasteiger partial charge in [-0.1, -0.05) is 0 Å². The first kappa shape index (κ1) is 16.2. The second-order valence-electron chi connectivity index (χ2n) is 5.37. The van der Waals surface area contributed by atoms with Crippen LogP contribution in [0.4, 0.5) is 5.69 Å². The number of rotatable bonds is 3. The predicted octanol–water partition coefficient (Wildman–Crippen LogP) is 2.37. The molecule has 114 valence electrons. The zero-order valence-corrected chi connectivity index (χ0v) is 14.2. The highest BCUT2D eigenvalue weighted by Gasteiger charge is 2.26. The minimum Gasteiger partial charge on any atom is -0.339 e. The topological polar surface area (TPSA) is 66.7 Å². The molecule has 0 saturated carbocycles. The van der Waals surface area contributed by atoms with Crippen molar-refractivity contribution in [1.29, 1.82) is 0 Å². The average Bonchev–Trinajstić information content (AvgIpc) is 2.47. The summed E-state index contributed by atoms with van der Waals surface area (Å²) in [6.07, 6.45) is 1.87. The number of benzene rings is 1. The van der Waals surface area contributed by atoms with Crippen molar-refractivity contribution >= 4 is 34.2 Å². The van der Waals surface area contributed by atoms with Crippen molar-refractivity contribution in [3.63, 3.8) is 0 Å². The van der Waals surface area contributed by atoms with E-state index in [1.54, 1.807) is 18.0 Å². The minimum atomic E-state index is -0.470. The van der Waals surface area contributed by atoms with Gasteiger partial charge in [0.05, 0.1) is 10.5 Å². The van der Waals surface area contributed by atoms with E-state index in [9.17, 15) is 14.9 Å². The summed E-state index contributed by atoms with van der Waals surface area (Å²) in [6, 6.07) is 4.61. The van der Waals surface area contributed by atoms with Crippen LogP contribution >= 0.6 is 22.6 Å². The molecule has 1 aromatic rings. The molecule has 0 aromatic heterocycles. The third-order valence-electron chi connectivity index (χ3n) is 3.95. The fourth-order valence-corrected chi connectivity index (χ4v) is 3.09. The lowest BCUT2D eigenvalue weighted by Gasteiger charge is -2.35. The van der Waals surface area contributed by atoms with Crippen LogP contribution in [-0.2, 0) is 0 Å². The molecule has 2 rings (SSSR count). The van der Waals surface area contributed by atoms with Crippen LogP contribution in [0.15, 0.2) is 18.2 Å². The molecule has 0 aliphatic carbocycles. The van der Waals surface area contributed by atoms with E-state index >= 15 is 0 Å². The van der Waals surface area contributed by atoms with Gasteiger partial charge in [0.15, 0.2) is 0 Å². The Labute approximate surface area is 137 Å². The molecule has 0 radical (unpaired) electrons.